The van der Waals surface area contributed by atoms with Crippen LogP contribution >= 0.6 is 10.7 Å². The molecular weight excluding hydrogens is 262 g/mol. The van der Waals surface area contributed by atoms with Gasteiger partial charge < -0.3 is 4.74 Å². The summed E-state index contributed by atoms with van der Waals surface area (Å²) in [5.41, 5.74) is 0. The van der Waals surface area contributed by atoms with Crippen molar-refractivity contribution in [2.24, 2.45) is 0 Å². The Bertz CT molecular complexity index is 514. The summed E-state index contributed by atoms with van der Waals surface area (Å²) in [5.74, 6) is -2.81. The van der Waals surface area contributed by atoms with E-state index in [0.29, 0.717) is 12.1 Å². The van der Waals surface area contributed by atoms with E-state index in [1.165, 1.54) is 6.08 Å². The minimum absolute atomic E-state index is 0.123. The van der Waals surface area contributed by atoms with Crippen LogP contribution in [0.15, 0.2) is 29.7 Å². The summed E-state index contributed by atoms with van der Waals surface area (Å²) < 4.78 is 52.9. The Kier molecular flexibility index (Phi) is 3.88. The third kappa shape index (κ3) is 2.93. The Morgan fingerprint density at radius 1 is 1.44 bits per heavy atom. The molecule has 7 heteroatoms. The van der Waals surface area contributed by atoms with Crippen LogP contribution in [-0.2, 0) is 9.05 Å². The standard InChI is InChI=1S/C9H7ClF2O3S/c1-2-3-15-9-7(12)4-6(11)5-8(9)16(10,13)14/h2,4-5H,1,3H2. The quantitative estimate of drug-likeness (QED) is 0.622. The van der Waals surface area contributed by atoms with E-state index in [9.17, 15) is 17.2 Å². The van der Waals surface area contributed by atoms with Gasteiger partial charge in [0.2, 0.25) is 0 Å². The first-order valence-electron chi connectivity index (χ1n) is 4.03. The summed E-state index contributed by atoms with van der Waals surface area (Å²) in [7, 11) is 0.744. The Balaban J connectivity index is 3.38. The average molecular weight is 269 g/mol. The molecule has 16 heavy (non-hydrogen) atoms. The molecule has 0 spiro atoms. The van der Waals surface area contributed by atoms with Crippen molar-refractivity contribution in [3.05, 3.63) is 36.4 Å². The number of ether oxygens (including phenoxy) is 1. The van der Waals surface area contributed by atoms with Crippen molar-refractivity contribution in [1.82, 2.24) is 0 Å². The van der Waals surface area contributed by atoms with Crippen molar-refractivity contribution in [2.75, 3.05) is 6.61 Å². The van der Waals surface area contributed by atoms with Crippen molar-refractivity contribution in [1.29, 1.82) is 0 Å². The van der Waals surface area contributed by atoms with Crippen LogP contribution in [0, 0.1) is 11.6 Å². The van der Waals surface area contributed by atoms with Crippen LogP contribution in [0.2, 0.25) is 0 Å². The first-order chi connectivity index (χ1) is 7.36. The molecule has 0 N–H and O–H groups in total. The third-order valence-electron chi connectivity index (χ3n) is 1.58. The molecule has 0 saturated heterocycles. The molecule has 0 aliphatic rings. The third-order valence-corrected chi connectivity index (χ3v) is 2.91. The minimum atomic E-state index is -4.28. The highest BCUT2D eigenvalue weighted by atomic mass is 35.7. The number of rotatable bonds is 4. The molecule has 0 amide bonds. The van der Waals surface area contributed by atoms with Crippen molar-refractivity contribution >= 4 is 19.7 Å². The molecule has 3 nitrogen and oxygen atoms in total. The summed E-state index contributed by atoms with van der Waals surface area (Å²) >= 11 is 0. The number of hydrogen-bond acceptors (Lipinski definition) is 3. The van der Waals surface area contributed by atoms with Crippen LogP contribution in [-0.4, -0.2) is 15.0 Å². The highest BCUT2D eigenvalue weighted by Crippen LogP contribution is 2.30. The van der Waals surface area contributed by atoms with Gasteiger partial charge >= 0.3 is 0 Å². The Morgan fingerprint density at radius 3 is 2.56 bits per heavy atom. The fraction of sp³-hybridized carbons (Fsp3) is 0.111. The normalized spacial score (nSPS) is 11.2. The smallest absolute Gasteiger partial charge is 0.265 e. The predicted octanol–water partition coefficient (Wildman–Crippen LogP) is 2.46. The van der Waals surface area contributed by atoms with E-state index in [2.05, 4.69) is 6.58 Å². The Hall–Kier alpha value is -1.14. The lowest BCUT2D eigenvalue weighted by molar-refractivity contribution is 0.330. The maximum Gasteiger partial charge on any atom is 0.265 e. The molecule has 1 aromatic rings. The van der Waals surface area contributed by atoms with Gasteiger partial charge in [-0.15, -0.1) is 0 Å². The first-order valence-corrected chi connectivity index (χ1v) is 6.34. The van der Waals surface area contributed by atoms with Gasteiger partial charge in [-0.1, -0.05) is 12.7 Å². The van der Waals surface area contributed by atoms with Gasteiger partial charge in [-0.25, -0.2) is 17.2 Å². The van der Waals surface area contributed by atoms with E-state index < -0.39 is 31.3 Å². The number of halogens is 3. The largest absolute Gasteiger partial charge is 0.485 e. The lowest BCUT2D eigenvalue weighted by Gasteiger charge is -2.08. The van der Waals surface area contributed by atoms with Crippen molar-refractivity contribution in [2.45, 2.75) is 4.90 Å². The van der Waals surface area contributed by atoms with Crippen LogP contribution in [0.3, 0.4) is 0 Å². The topological polar surface area (TPSA) is 43.4 Å². The summed E-state index contributed by atoms with van der Waals surface area (Å²) in [5, 5.41) is 0. The Labute approximate surface area is 95.7 Å². The van der Waals surface area contributed by atoms with Gasteiger partial charge in [-0.3, -0.25) is 0 Å². The minimum Gasteiger partial charge on any atom is -0.485 e. The molecule has 0 saturated carbocycles. The van der Waals surface area contributed by atoms with Gasteiger partial charge in [-0.2, -0.15) is 0 Å². The second kappa shape index (κ2) is 4.80. The van der Waals surface area contributed by atoms with Gasteiger partial charge in [0.25, 0.3) is 9.05 Å². The zero-order valence-corrected chi connectivity index (χ0v) is 9.49. The van der Waals surface area contributed by atoms with Crippen LogP contribution in [0.5, 0.6) is 5.75 Å². The molecule has 0 atom stereocenters. The first kappa shape index (κ1) is 12.9. The average Bonchev–Trinajstić information content (AvgIpc) is 2.14. The molecular formula is C9H7ClF2O3S. The van der Waals surface area contributed by atoms with Gasteiger partial charge in [-0.05, 0) is 6.07 Å². The summed E-state index contributed by atoms with van der Waals surface area (Å²) in [4.78, 5) is -0.742. The number of hydrogen-bond donors (Lipinski definition) is 0. The molecule has 0 aliphatic heterocycles. The molecule has 1 aromatic carbocycles. The second-order valence-electron chi connectivity index (χ2n) is 2.75. The van der Waals surface area contributed by atoms with E-state index in [-0.39, 0.29) is 6.61 Å². The van der Waals surface area contributed by atoms with Crippen molar-refractivity contribution in [3.63, 3.8) is 0 Å². The highest BCUT2D eigenvalue weighted by molar-refractivity contribution is 8.13. The lowest BCUT2D eigenvalue weighted by atomic mass is 10.3. The van der Waals surface area contributed by atoms with Gasteiger partial charge in [0.05, 0.1) is 0 Å². The molecule has 0 aliphatic carbocycles. The predicted molar refractivity (Wildman–Crippen MR) is 55.1 cm³/mol. The SMILES string of the molecule is C=CCOc1c(F)cc(F)cc1S(=O)(=O)Cl. The van der Waals surface area contributed by atoms with E-state index in [1.54, 1.807) is 0 Å². The fourth-order valence-electron chi connectivity index (χ4n) is 1.00. The highest BCUT2D eigenvalue weighted by Gasteiger charge is 2.22. The number of benzene rings is 1. The van der Waals surface area contributed by atoms with E-state index in [4.69, 9.17) is 15.4 Å². The monoisotopic (exact) mass is 268 g/mol. The molecule has 88 valence electrons. The zero-order chi connectivity index (χ0) is 12.3. The zero-order valence-electron chi connectivity index (χ0n) is 7.91. The summed E-state index contributed by atoms with van der Waals surface area (Å²) in [6.45, 7) is 3.19. The fourth-order valence-corrected chi connectivity index (χ4v) is 1.98. The molecule has 0 unspecified atom stereocenters. The van der Waals surface area contributed by atoms with E-state index in [0.717, 1.165) is 0 Å². The maximum absolute atomic E-state index is 13.2. The van der Waals surface area contributed by atoms with Crippen LogP contribution < -0.4 is 4.74 Å². The summed E-state index contributed by atoms with van der Waals surface area (Å²) in [6.07, 6.45) is 1.29. The molecule has 0 fully saturated rings. The summed E-state index contributed by atoms with van der Waals surface area (Å²) in [6, 6.07) is 1.09. The van der Waals surface area contributed by atoms with Crippen molar-refractivity contribution < 1.29 is 21.9 Å². The Morgan fingerprint density at radius 2 is 2.06 bits per heavy atom. The molecule has 0 heterocycles. The second-order valence-corrected chi connectivity index (χ2v) is 5.29. The molecule has 1 rings (SSSR count). The lowest BCUT2D eigenvalue weighted by Crippen LogP contribution is -2.03. The van der Waals surface area contributed by atoms with Gasteiger partial charge in [0, 0.05) is 16.7 Å². The van der Waals surface area contributed by atoms with Gasteiger partial charge in [0.1, 0.15) is 17.3 Å². The molecule has 0 radical (unpaired) electrons. The molecule has 0 aromatic heterocycles. The van der Waals surface area contributed by atoms with Crippen LogP contribution in [0.1, 0.15) is 0 Å². The van der Waals surface area contributed by atoms with E-state index in [1.807, 2.05) is 0 Å². The van der Waals surface area contributed by atoms with Crippen molar-refractivity contribution in [3.8, 4) is 5.75 Å². The maximum atomic E-state index is 13.2. The van der Waals surface area contributed by atoms with Crippen LogP contribution in [0.4, 0.5) is 8.78 Å². The van der Waals surface area contributed by atoms with E-state index >= 15 is 0 Å². The molecule has 0 bridgehead atoms. The van der Waals surface area contributed by atoms with Crippen LogP contribution in [0.25, 0.3) is 0 Å². The van der Waals surface area contributed by atoms with Gasteiger partial charge in [0.15, 0.2) is 11.6 Å².